The highest BCUT2D eigenvalue weighted by Gasteiger charge is 2.05. The highest BCUT2D eigenvalue weighted by Crippen LogP contribution is 2.23. The summed E-state index contributed by atoms with van der Waals surface area (Å²) in [5.41, 5.74) is 0.608. The molecule has 0 fully saturated rings. The zero-order chi connectivity index (χ0) is 13.7. The summed E-state index contributed by atoms with van der Waals surface area (Å²) in [7, 11) is 0. The first kappa shape index (κ1) is 14.3. The zero-order valence-electron chi connectivity index (χ0n) is 9.90. The maximum atomic E-state index is 11.8. The smallest absolute Gasteiger partial charge is 0.234 e. The summed E-state index contributed by atoms with van der Waals surface area (Å²) >= 11 is 13.2. The second-order valence-electron chi connectivity index (χ2n) is 3.81. The fourth-order valence-electron chi connectivity index (χ4n) is 1.49. The van der Waals surface area contributed by atoms with E-state index in [0.29, 0.717) is 21.5 Å². The quantitative estimate of drug-likeness (QED) is 0.827. The molecule has 0 aliphatic heterocycles. The Morgan fingerprint density at radius 1 is 1.05 bits per heavy atom. The van der Waals surface area contributed by atoms with E-state index in [1.807, 2.05) is 30.3 Å². The van der Waals surface area contributed by atoms with Gasteiger partial charge in [-0.25, -0.2) is 0 Å². The van der Waals surface area contributed by atoms with Gasteiger partial charge in [-0.05, 0) is 30.3 Å². The molecular weight excluding hydrogens is 301 g/mol. The number of amides is 1. The zero-order valence-corrected chi connectivity index (χ0v) is 12.2. The SMILES string of the molecule is O=C(CSc1ccccc1)Nc1cc(Cl)cc(Cl)c1. The number of hydrogen-bond donors (Lipinski definition) is 1. The van der Waals surface area contributed by atoms with Crippen LogP contribution in [0.3, 0.4) is 0 Å². The molecule has 0 atom stereocenters. The van der Waals surface area contributed by atoms with Gasteiger partial charge in [0, 0.05) is 20.6 Å². The minimum Gasteiger partial charge on any atom is -0.325 e. The molecule has 0 radical (unpaired) electrons. The van der Waals surface area contributed by atoms with E-state index in [1.54, 1.807) is 18.2 Å². The van der Waals surface area contributed by atoms with E-state index < -0.39 is 0 Å². The fraction of sp³-hybridized carbons (Fsp3) is 0.0714. The summed E-state index contributed by atoms with van der Waals surface area (Å²) in [5, 5.41) is 3.76. The standard InChI is InChI=1S/C14H11Cl2NOS/c15-10-6-11(16)8-12(7-10)17-14(18)9-19-13-4-2-1-3-5-13/h1-8H,9H2,(H,17,18). The van der Waals surface area contributed by atoms with Crippen molar-refractivity contribution in [2.75, 3.05) is 11.1 Å². The number of carbonyl (C=O) groups excluding carboxylic acids is 1. The molecule has 98 valence electrons. The number of halogens is 2. The van der Waals surface area contributed by atoms with Gasteiger partial charge in [0.25, 0.3) is 0 Å². The fourth-order valence-corrected chi connectivity index (χ4v) is 2.73. The van der Waals surface area contributed by atoms with Crippen LogP contribution in [0.2, 0.25) is 10.0 Å². The van der Waals surface area contributed by atoms with Gasteiger partial charge in [0.1, 0.15) is 0 Å². The second-order valence-corrected chi connectivity index (χ2v) is 5.73. The third kappa shape index (κ3) is 4.78. The Morgan fingerprint density at radius 3 is 2.32 bits per heavy atom. The summed E-state index contributed by atoms with van der Waals surface area (Å²) in [5.74, 6) is 0.251. The third-order valence-electron chi connectivity index (χ3n) is 2.26. The lowest BCUT2D eigenvalue weighted by molar-refractivity contribution is -0.113. The van der Waals surface area contributed by atoms with Crippen LogP contribution in [-0.4, -0.2) is 11.7 Å². The Kier molecular flexibility index (Phi) is 5.14. The molecule has 0 heterocycles. The average Bonchev–Trinajstić information content (AvgIpc) is 2.36. The topological polar surface area (TPSA) is 29.1 Å². The van der Waals surface area contributed by atoms with E-state index >= 15 is 0 Å². The van der Waals surface area contributed by atoms with Gasteiger partial charge in [-0.2, -0.15) is 0 Å². The van der Waals surface area contributed by atoms with Gasteiger partial charge in [-0.15, -0.1) is 11.8 Å². The van der Waals surface area contributed by atoms with Crippen molar-refractivity contribution in [3.05, 3.63) is 58.6 Å². The third-order valence-corrected chi connectivity index (χ3v) is 3.71. The predicted octanol–water partition coefficient (Wildman–Crippen LogP) is 4.72. The van der Waals surface area contributed by atoms with Crippen molar-refractivity contribution < 1.29 is 4.79 Å². The lowest BCUT2D eigenvalue weighted by Gasteiger charge is -2.06. The number of anilines is 1. The Balaban J connectivity index is 1.91. The molecule has 19 heavy (non-hydrogen) atoms. The Labute approximate surface area is 126 Å². The van der Waals surface area contributed by atoms with Gasteiger partial charge >= 0.3 is 0 Å². The first-order valence-corrected chi connectivity index (χ1v) is 7.31. The maximum absolute atomic E-state index is 11.8. The number of nitrogens with one attached hydrogen (secondary N) is 1. The largest absolute Gasteiger partial charge is 0.325 e. The molecule has 0 saturated carbocycles. The van der Waals surface area contributed by atoms with Crippen LogP contribution in [0.15, 0.2) is 53.4 Å². The van der Waals surface area contributed by atoms with E-state index in [9.17, 15) is 4.79 Å². The Morgan fingerprint density at radius 2 is 1.68 bits per heavy atom. The molecule has 0 spiro atoms. The van der Waals surface area contributed by atoms with Gasteiger partial charge in [-0.3, -0.25) is 4.79 Å². The van der Waals surface area contributed by atoms with Crippen LogP contribution in [0.4, 0.5) is 5.69 Å². The summed E-state index contributed by atoms with van der Waals surface area (Å²) < 4.78 is 0. The number of hydrogen-bond acceptors (Lipinski definition) is 2. The summed E-state index contributed by atoms with van der Waals surface area (Å²) in [6.07, 6.45) is 0. The van der Waals surface area contributed by atoms with E-state index in [2.05, 4.69) is 5.32 Å². The molecule has 0 aromatic heterocycles. The molecule has 0 aliphatic carbocycles. The van der Waals surface area contributed by atoms with E-state index in [1.165, 1.54) is 11.8 Å². The molecule has 0 unspecified atom stereocenters. The van der Waals surface area contributed by atoms with Crippen LogP contribution < -0.4 is 5.32 Å². The number of rotatable bonds is 4. The maximum Gasteiger partial charge on any atom is 0.234 e. The Hall–Kier alpha value is -1.16. The molecular formula is C14H11Cl2NOS. The lowest BCUT2D eigenvalue weighted by Crippen LogP contribution is -2.13. The van der Waals surface area contributed by atoms with E-state index in [0.717, 1.165) is 4.90 Å². The summed E-state index contributed by atoms with van der Waals surface area (Å²) in [4.78, 5) is 12.8. The van der Waals surface area contributed by atoms with Crippen molar-refractivity contribution in [3.63, 3.8) is 0 Å². The molecule has 1 N–H and O–H groups in total. The summed E-state index contributed by atoms with van der Waals surface area (Å²) in [6.45, 7) is 0. The van der Waals surface area contributed by atoms with Crippen LogP contribution in [0.1, 0.15) is 0 Å². The predicted molar refractivity (Wildman–Crippen MR) is 82.3 cm³/mol. The number of thioether (sulfide) groups is 1. The Bertz CT molecular complexity index is 555. The molecule has 1 amide bonds. The highest BCUT2D eigenvalue weighted by molar-refractivity contribution is 8.00. The van der Waals surface area contributed by atoms with Crippen molar-refractivity contribution in [2.45, 2.75) is 4.90 Å². The second kappa shape index (κ2) is 6.85. The van der Waals surface area contributed by atoms with Gasteiger partial charge < -0.3 is 5.32 Å². The molecule has 2 nitrogen and oxygen atoms in total. The van der Waals surface area contributed by atoms with Crippen molar-refractivity contribution >= 4 is 46.6 Å². The molecule has 0 saturated heterocycles. The normalized spacial score (nSPS) is 10.2. The van der Waals surface area contributed by atoms with Crippen LogP contribution in [-0.2, 0) is 4.79 Å². The minimum atomic E-state index is -0.0906. The van der Waals surface area contributed by atoms with Crippen molar-refractivity contribution in [3.8, 4) is 0 Å². The summed E-state index contributed by atoms with van der Waals surface area (Å²) in [6, 6.07) is 14.7. The van der Waals surface area contributed by atoms with Gasteiger partial charge in [0.05, 0.1) is 5.75 Å². The van der Waals surface area contributed by atoms with Crippen molar-refractivity contribution in [1.29, 1.82) is 0 Å². The monoisotopic (exact) mass is 311 g/mol. The number of carbonyl (C=O) groups is 1. The van der Waals surface area contributed by atoms with Crippen LogP contribution in [0, 0.1) is 0 Å². The molecule has 2 rings (SSSR count). The average molecular weight is 312 g/mol. The highest BCUT2D eigenvalue weighted by atomic mass is 35.5. The molecule has 2 aromatic rings. The van der Waals surface area contributed by atoms with Crippen LogP contribution in [0.5, 0.6) is 0 Å². The molecule has 2 aromatic carbocycles. The first-order valence-electron chi connectivity index (χ1n) is 5.57. The van der Waals surface area contributed by atoms with E-state index in [4.69, 9.17) is 23.2 Å². The first-order chi connectivity index (χ1) is 9.13. The van der Waals surface area contributed by atoms with Gasteiger partial charge in [0.15, 0.2) is 0 Å². The molecule has 0 aliphatic rings. The lowest BCUT2D eigenvalue weighted by atomic mass is 10.3. The molecule has 0 bridgehead atoms. The van der Waals surface area contributed by atoms with Crippen molar-refractivity contribution in [1.82, 2.24) is 0 Å². The van der Waals surface area contributed by atoms with E-state index in [-0.39, 0.29) is 5.91 Å². The van der Waals surface area contributed by atoms with Crippen LogP contribution in [0.25, 0.3) is 0 Å². The number of benzene rings is 2. The van der Waals surface area contributed by atoms with Gasteiger partial charge in [-0.1, -0.05) is 41.4 Å². The molecule has 5 heteroatoms. The minimum absolute atomic E-state index is 0.0906. The van der Waals surface area contributed by atoms with Crippen molar-refractivity contribution in [2.24, 2.45) is 0 Å². The van der Waals surface area contributed by atoms with Gasteiger partial charge in [0.2, 0.25) is 5.91 Å². The van der Waals surface area contributed by atoms with Crippen LogP contribution >= 0.6 is 35.0 Å².